The molecule has 0 radical (unpaired) electrons. The van der Waals surface area contributed by atoms with Crippen LogP contribution in [-0.4, -0.2) is 5.33 Å². The van der Waals surface area contributed by atoms with Crippen LogP contribution in [0.25, 0.3) is 0 Å². The first-order valence-corrected chi connectivity index (χ1v) is 6.02. The number of rotatable bonds is 2. The van der Waals surface area contributed by atoms with Gasteiger partial charge in [0.05, 0.1) is 0 Å². The molecule has 12 heavy (non-hydrogen) atoms. The van der Waals surface area contributed by atoms with Gasteiger partial charge in [0.25, 0.3) is 0 Å². The van der Waals surface area contributed by atoms with Crippen molar-refractivity contribution in [2.75, 3.05) is 5.33 Å². The number of hydrogen-bond acceptors (Lipinski definition) is 0. The van der Waals surface area contributed by atoms with Crippen LogP contribution in [0.1, 0.15) is 33.6 Å². The Morgan fingerprint density at radius 2 is 2.08 bits per heavy atom. The molecule has 0 aliphatic heterocycles. The lowest BCUT2D eigenvalue weighted by Crippen LogP contribution is -2.20. The van der Waals surface area contributed by atoms with Gasteiger partial charge in [-0.1, -0.05) is 48.4 Å². The van der Waals surface area contributed by atoms with Crippen LogP contribution in [0.15, 0.2) is 11.6 Å². The van der Waals surface area contributed by atoms with Gasteiger partial charge in [0, 0.05) is 5.33 Å². The van der Waals surface area contributed by atoms with Crippen molar-refractivity contribution < 1.29 is 0 Å². The fraction of sp³-hybridized carbons (Fsp3) is 0.818. The number of hydrogen-bond donors (Lipinski definition) is 0. The van der Waals surface area contributed by atoms with Gasteiger partial charge in [-0.15, -0.1) is 0 Å². The van der Waals surface area contributed by atoms with E-state index in [0.29, 0.717) is 0 Å². The highest BCUT2D eigenvalue weighted by Crippen LogP contribution is 2.34. The zero-order chi connectivity index (χ0) is 9.14. The highest BCUT2D eigenvalue weighted by molar-refractivity contribution is 9.09. The SMILES string of the molecule is CC1C=C(CCBr)CC(C)C1C. The molecule has 0 spiro atoms. The van der Waals surface area contributed by atoms with E-state index in [1.165, 1.54) is 12.8 Å². The van der Waals surface area contributed by atoms with E-state index in [-0.39, 0.29) is 0 Å². The van der Waals surface area contributed by atoms with E-state index >= 15 is 0 Å². The van der Waals surface area contributed by atoms with Crippen LogP contribution in [0.4, 0.5) is 0 Å². The Kier molecular flexibility index (Phi) is 3.82. The van der Waals surface area contributed by atoms with E-state index in [9.17, 15) is 0 Å². The molecular weight excluding hydrogens is 212 g/mol. The lowest BCUT2D eigenvalue weighted by atomic mass is 9.75. The second-order valence-electron chi connectivity index (χ2n) is 4.16. The standard InChI is InChI=1S/C11H19Br/c1-8-6-11(4-5-12)7-9(2)10(8)3/h6,8-10H,4-5,7H2,1-3H3. The molecule has 0 fully saturated rings. The summed E-state index contributed by atoms with van der Waals surface area (Å²) in [5.41, 5.74) is 1.66. The maximum Gasteiger partial charge on any atom is 0.00685 e. The molecule has 70 valence electrons. The first-order chi connectivity index (χ1) is 5.65. The Hall–Kier alpha value is 0.220. The molecule has 0 heterocycles. The summed E-state index contributed by atoms with van der Waals surface area (Å²) < 4.78 is 0. The Morgan fingerprint density at radius 3 is 2.58 bits per heavy atom. The second kappa shape index (κ2) is 4.45. The molecule has 1 aliphatic rings. The molecule has 0 aromatic rings. The van der Waals surface area contributed by atoms with E-state index in [4.69, 9.17) is 0 Å². The molecule has 1 heteroatoms. The van der Waals surface area contributed by atoms with Gasteiger partial charge in [0.15, 0.2) is 0 Å². The highest BCUT2D eigenvalue weighted by atomic mass is 79.9. The third-order valence-corrected chi connectivity index (χ3v) is 3.62. The fourth-order valence-corrected chi connectivity index (χ4v) is 2.53. The lowest BCUT2D eigenvalue weighted by Gasteiger charge is -2.30. The third-order valence-electron chi connectivity index (χ3n) is 3.23. The predicted octanol–water partition coefficient (Wildman–Crippen LogP) is 4.01. The summed E-state index contributed by atoms with van der Waals surface area (Å²) >= 11 is 3.50. The third kappa shape index (κ3) is 2.35. The summed E-state index contributed by atoms with van der Waals surface area (Å²) in [6, 6.07) is 0. The summed E-state index contributed by atoms with van der Waals surface area (Å²) in [7, 11) is 0. The molecule has 0 aromatic heterocycles. The normalized spacial score (nSPS) is 36.3. The van der Waals surface area contributed by atoms with Crippen LogP contribution >= 0.6 is 15.9 Å². The largest absolute Gasteiger partial charge is 0.0925 e. The molecular formula is C11H19Br. The second-order valence-corrected chi connectivity index (χ2v) is 4.96. The molecule has 0 N–H and O–H groups in total. The molecule has 0 aromatic carbocycles. The molecule has 0 nitrogen and oxygen atoms in total. The van der Waals surface area contributed by atoms with E-state index in [1.54, 1.807) is 5.57 Å². The molecule has 0 saturated carbocycles. The van der Waals surface area contributed by atoms with Crippen molar-refractivity contribution in [3.8, 4) is 0 Å². The van der Waals surface area contributed by atoms with Crippen molar-refractivity contribution in [2.45, 2.75) is 33.6 Å². The van der Waals surface area contributed by atoms with Crippen molar-refractivity contribution in [1.29, 1.82) is 0 Å². The zero-order valence-electron chi connectivity index (χ0n) is 8.31. The summed E-state index contributed by atoms with van der Waals surface area (Å²) in [6.07, 6.45) is 5.03. The molecule has 1 rings (SSSR count). The quantitative estimate of drug-likeness (QED) is 0.497. The number of alkyl halides is 1. The average Bonchev–Trinajstić information content (AvgIpc) is 2.01. The minimum absolute atomic E-state index is 0.780. The van der Waals surface area contributed by atoms with E-state index in [1.807, 2.05) is 0 Å². The van der Waals surface area contributed by atoms with Crippen LogP contribution in [0.5, 0.6) is 0 Å². The average molecular weight is 231 g/mol. The first kappa shape index (κ1) is 10.3. The van der Waals surface area contributed by atoms with E-state index in [2.05, 4.69) is 42.8 Å². The van der Waals surface area contributed by atoms with Crippen molar-refractivity contribution in [1.82, 2.24) is 0 Å². The topological polar surface area (TPSA) is 0 Å². The minimum atomic E-state index is 0.780. The Bertz CT molecular complexity index is 172. The fourth-order valence-electron chi connectivity index (χ4n) is 2.02. The van der Waals surface area contributed by atoms with Crippen molar-refractivity contribution >= 4 is 15.9 Å². The molecule has 0 amide bonds. The highest BCUT2D eigenvalue weighted by Gasteiger charge is 2.23. The summed E-state index contributed by atoms with van der Waals surface area (Å²) in [5.74, 6) is 2.52. The summed E-state index contributed by atoms with van der Waals surface area (Å²) in [4.78, 5) is 0. The van der Waals surface area contributed by atoms with Crippen LogP contribution in [-0.2, 0) is 0 Å². The van der Waals surface area contributed by atoms with Gasteiger partial charge in [-0.05, 0) is 30.6 Å². The summed E-state index contributed by atoms with van der Waals surface area (Å²) in [5, 5.41) is 1.12. The Labute approximate surface area is 84.6 Å². The van der Waals surface area contributed by atoms with Crippen molar-refractivity contribution in [3.05, 3.63) is 11.6 Å². The number of allylic oxidation sites excluding steroid dienone is 2. The van der Waals surface area contributed by atoms with Crippen LogP contribution in [0.3, 0.4) is 0 Å². The van der Waals surface area contributed by atoms with Gasteiger partial charge < -0.3 is 0 Å². The zero-order valence-corrected chi connectivity index (χ0v) is 9.89. The molecule has 3 atom stereocenters. The number of halogens is 1. The van der Waals surface area contributed by atoms with E-state index in [0.717, 1.165) is 23.1 Å². The maximum absolute atomic E-state index is 3.50. The molecule has 0 bridgehead atoms. The predicted molar refractivity (Wildman–Crippen MR) is 58.6 cm³/mol. The molecule has 3 unspecified atom stereocenters. The van der Waals surface area contributed by atoms with E-state index < -0.39 is 0 Å². The van der Waals surface area contributed by atoms with Crippen molar-refractivity contribution in [2.24, 2.45) is 17.8 Å². The smallest absolute Gasteiger partial charge is 0.00685 e. The Balaban J connectivity index is 2.61. The minimum Gasteiger partial charge on any atom is -0.0925 e. The first-order valence-electron chi connectivity index (χ1n) is 4.90. The Morgan fingerprint density at radius 1 is 1.42 bits per heavy atom. The molecule has 1 aliphatic carbocycles. The van der Waals surface area contributed by atoms with Crippen LogP contribution in [0.2, 0.25) is 0 Å². The van der Waals surface area contributed by atoms with Crippen LogP contribution in [0, 0.1) is 17.8 Å². The van der Waals surface area contributed by atoms with Gasteiger partial charge in [-0.2, -0.15) is 0 Å². The monoisotopic (exact) mass is 230 g/mol. The lowest BCUT2D eigenvalue weighted by molar-refractivity contribution is 0.295. The summed E-state index contributed by atoms with van der Waals surface area (Å²) in [6.45, 7) is 7.09. The maximum atomic E-state index is 3.50. The van der Waals surface area contributed by atoms with Gasteiger partial charge >= 0.3 is 0 Å². The van der Waals surface area contributed by atoms with Gasteiger partial charge in [0.2, 0.25) is 0 Å². The van der Waals surface area contributed by atoms with Gasteiger partial charge in [-0.3, -0.25) is 0 Å². The van der Waals surface area contributed by atoms with Gasteiger partial charge in [-0.25, -0.2) is 0 Å². The van der Waals surface area contributed by atoms with Crippen molar-refractivity contribution in [3.63, 3.8) is 0 Å². The molecule has 0 saturated heterocycles. The van der Waals surface area contributed by atoms with Gasteiger partial charge in [0.1, 0.15) is 0 Å². The van der Waals surface area contributed by atoms with Crippen LogP contribution < -0.4 is 0 Å².